The number of rotatable bonds is 7. The monoisotopic (exact) mass is 703 g/mol. The van der Waals surface area contributed by atoms with Gasteiger partial charge in [0.15, 0.2) is 17.5 Å². The fourth-order valence-electron chi connectivity index (χ4n) is 6.72. The molecule has 9 nitrogen and oxygen atoms in total. The molecule has 5 aromatic rings. The van der Waals surface area contributed by atoms with E-state index in [0.29, 0.717) is 40.3 Å². The highest BCUT2D eigenvalue weighted by Crippen LogP contribution is 2.43. The van der Waals surface area contributed by atoms with E-state index in [9.17, 15) is 9.18 Å². The maximum absolute atomic E-state index is 16.9. The van der Waals surface area contributed by atoms with E-state index in [1.807, 2.05) is 43.1 Å². The Kier molecular flexibility index (Phi) is 9.32. The lowest BCUT2D eigenvalue weighted by molar-refractivity contribution is -0.129. The van der Waals surface area contributed by atoms with Crippen molar-refractivity contribution in [1.29, 1.82) is 0 Å². The molecule has 2 fully saturated rings. The quantitative estimate of drug-likeness (QED) is 0.165. The van der Waals surface area contributed by atoms with Gasteiger partial charge in [0, 0.05) is 71.5 Å². The lowest BCUT2D eigenvalue weighted by Gasteiger charge is -2.40. The molecule has 252 valence electrons. The Hall–Kier alpha value is -4.45. The van der Waals surface area contributed by atoms with E-state index in [0.717, 1.165) is 30.8 Å². The van der Waals surface area contributed by atoms with Crippen molar-refractivity contribution in [3.8, 4) is 17.1 Å². The zero-order chi connectivity index (χ0) is 34.2. The topological polar surface area (TPSA) is 87.6 Å². The van der Waals surface area contributed by atoms with Crippen molar-refractivity contribution < 1.29 is 18.3 Å². The molecule has 2 saturated heterocycles. The highest BCUT2D eigenvalue weighted by Gasteiger charge is 2.32. The van der Waals surface area contributed by atoms with Gasteiger partial charge in [0.05, 0.1) is 5.02 Å². The molecule has 0 N–H and O–H groups in total. The van der Waals surface area contributed by atoms with E-state index in [1.54, 1.807) is 24.3 Å². The summed E-state index contributed by atoms with van der Waals surface area (Å²) in [7, 11) is 2.05. The molecule has 0 radical (unpaired) electrons. The molecule has 4 heterocycles. The number of hydrogen-bond donors (Lipinski definition) is 0. The summed E-state index contributed by atoms with van der Waals surface area (Å²) in [6, 6.07) is 14.2. The first-order valence-corrected chi connectivity index (χ1v) is 16.9. The van der Waals surface area contributed by atoms with E-state index in [-0.39, 0.29) is 53.1 Å². The van der Waals surface area contributed by atoms with Crippen LogP contribution in [0.4, 0.5) is 14.6 Å². The molecule has 0 spiro atoms. The van der Waals surface area contributed by atoms with E-state index in [2.05, 4.69) is 19.9 Å². The molecule has 2 aromatic heterocycles. The maximum Gasteiger partial charge on any atom is 0.319 e. The minimum Gasteiger partial charge on any atom is -0.462 e. The summed E-state index contributed by atoms with van der Waals surface area (Å²) in [5.41, 5.74) is 0.761. The number of aromatic nitrogens is 4. The van der Waals surface area contributed by atoms with Gasteiger partial charge in [-0.1, -0.05) is 53.5 Å². The first kappa shape index (κ1) is 33.1. The van der Waals surface area contributed by atoms with Crippen LogP contribution in [0.5, 0.6) is 6.01 Å². The number of nitrogens with zero attached hydrogens (tertiary/aromatic N) is 7. The summed E-state index contributed by atoms with van der Waals surface area (Å²) in [6.45, 7) is 3.88. The fourth-order valence-corrected chi connectivity index (χ4v) is 7.30. The van der Waals surface area contributed by atoms with E-state index < -0.39 is 17.6 Å². The number of amides is 1. The van der Waals surface area contributed by atoms with Gasteiger partial charge >= 0.3 is 6.01 Å². The number of halogens is 4. The first-order valence-electron chi connectivity index (χ1n) is 16.1. The molecule has 0 saturated carbocycles. The molecule has 2 aliphatic rings. The number of ether oxygens (including phenoxy) is 1. The van der Waals surface area contributed by atoms with Crippen molar-refractivity contribution in [2.75, 3.05) is 44.7 Å². The number of fused-ring (bicyclic) bond motifs is 2. The largest absolute Gasteiger partial charge is 0.462 e. The molecule has 7 rings (SSSR count). The third-order valence-electron chi connectivity index (χ3n) is 9.27. The molecule has 3 aromatic carbocycles. The standard InChI is InChI=1S/C36H33Cl2F2N7O2/c1-21-19-46(35(48)28(39)18-29-41-12-6-13-42-29)15-16-47(21)34-25-17-27(38)31(24-10-3-7-22-8-4-11-26(37)30(22)24)32(40)33(25)43-36(44-34)49-20-23-9-5-14-45(23)2/h3-4,6-8,10-13,17-18,21,23H,5,9,14-16,19-20H2,1-2H3/b28-18-/t21-,23-/m0/s1. The van der Waals surface area contributed by atoms with Gasteiger partial charge in [-0.05, 0) is 62.5 Å². The Labute approximate surface area is 292 Å². The molecular weight excluding hydrogens is 671 g/mol. The first-order chi connectivity index (χ1) is 23.7. The molecule has 0 unspecified atom stereocenters. The van der Waals surface area contributed by atoms with Crippen LogP contribution in [0.1, 0.15) is 25.6 Å². The Morgan fingerprint density at radius 1 is 1.04 bits per heavy atom. The third kappa shape index (κ3) is 6.50. The third-order valence-corrected chi connectivity index (χ3v) is 9.89. The normalized spacial score (nSPS) is 18.9. The highest BCUT2D eigenvalue weighted by molar-refractivity contribution is 6.38. The molecule has 1 amide bonds. The minimum absolute atomic E-state index is 0.0356. The van der Waals surface area contributed by atoms with Crippen LogP contribution in [0.25, 0.3) is 38.9 Å². The number of likely N-dealkylation sites (tertiary alicyclic amines) is 1. The number of hydrogen-bond acceptors (Lipinski definition) is 8. The predicted molar refractivity (Wildman–Crippen MR) is 188 cm³/mol. The van der Waals surface area contributed by atoms with Gasteiger partial charge < -0.3 is 19.4 Å². The Balaban J connectivity index is 1.27. The summed E-state index contributed by atoms with van der Waals surface area (Å²) in [6.07, 6.45) is 6.01. The fraction of sp³-hybridized carbons (Fsp3) is 0.306. The minimum atomic E-state index is -0.957. The molecule has 0 bridgehead atoms. The van der Waals surface area contributed by atoms with Crippen molar-refractivity contribution >= 4 is 62.7 Å². The molecular formula is C36H33Cl2F2N7O2. The summed E-state index contributed by atoms with van der Waals surface area (Å²) in [5.74, 6) is -1.83. The zero-order valence-electron chi connectivity index (χ0n) is 26.9. The molecule has 13 heteroatoms. The number of piperazine rings is 1. The van der Waals surface area contributed by atoms with Crippen LogP contribution in [0.3, 0.4) is 0 Å². The van der Waals surface area contributed by atoms with Gasteiger partial charge in [0.1, 0.15) is 17.9 Å². The summed E-state index contributed by atoms with van der Waals surface area (Å²) in [5, 5.41) is 2.55. The van der Waals surface area contributed by atoms with E-state index in [4.69, 9.17) is 32.9 Å². The van der Waals surface area contributed by atoms with Crippen molar-refractivity contribution in [2.45, 2.75) is 31.8 Å². The molecule has 49 heavy (non-hydrogen) atoms. The second kappa shape index (κ2) is 13.8. The van der Waals surface area contributed by atoms with E-state index in [1.165, 1.54) is 17.3 Å². The Morgan fingerprint density at radius 3 is 2.55 bits per heavy atom. The number of carbonyl (C=O) groups is 1. The van der Waals surface area contributed by atoms with Gasteiger partial charge in [-0.15, -0.1) is 0 Å². The van der Waals surface area contributed by atoms with E-state index >= 15 is 4.39 Å². The number of benzene rings is 3. The van der Waals surface area contributed by atoms with Gasteiger partial charge in [0.2, 0.25) is 0 Å². The SMILES string of the molecule is C[C@H]1CN(C(=O)/C(F)=C/c2ncccn2)CCN1c1nc(OC[C@@H]2CCCN2C)nc2c(F)c(-c3cccc4cccc(Cl)c34)c(Cl)cc12. The van der Waals surface area contributed by atoms with Crippen LogP contribution < -0.4 is 9.64 Å². The average Bonchev–Trinajstić information content (AvgIpc) is 3.51. The zero-order valence-corrected chi connectivity index (χ0v) is 28.4. The highest BCUT2D eigenvalue weighted by atomic mass is 35.5. The van der Waals surface area contributed by atoms with Gasteiger partial charge in [-0.2, -0.15) is 9.97 Å². The number of likely N-dealkylation sites (N-methyl/N-ethyl adjacent to an activating group) is 1. The molecule has 0 aliphatic carbocycles. The van der Waals surface area contributed by atoms with Gasteiger partial charge in [-0.3, -0.25) is 4.79 Å². The van der Waals surface area contributed by atoms with Crippen molar-refractivity contribution in [1.82, 2.24) is 29.7 Å². The second-order valence-corrected chi connectivity index (χ2v) is 13.2. The summed E-state index contributed by atoms with van der Waals surface area (Å²) >= 11 is 13.5. The Bertz CT molecular complexity index is 2080. The summed E-state index contributed by atoms with van der Waals surface area (Å²) in [4.78, 5) is 36.0. The molecule has 2 aliphatic heterocycles. The van der Waals surface area contributed by atoms with Crippen LogP contribution in [-0.4, -0.2) is 87.6 Å². The average molecular weight is 705 g/mol. The van der Waals surface area contributed by atoms with Crippen LogP contribution in [-0.2, 0) is 4.79 Å². The van der Waals surface area contributed by atoms with Crippen molar-refractivity contribution in [2.24, 2.45) is 0 Å². The maximum atomic E-state index is 16.9. The Morgan fingerprint density at radius 2 is 1.82 bits per heavy atom. The number of anilines is 1. The van der Waals surface area contributed by atoms with Crippen LogP contribution in [0.15, 0.2) is 66.8 Å². The van der Waals surface area contributed by atoms with Gasteiger partial charge in [-0.25, -0.2) is 18.7 Å². The van der Waals surface area contributed by atoms with Crippen molar-refractivity contribution in [3.05, 3.63) is 88.4 Å². The predicted octanol–water partition coefficient (Wildman–Crippen LogP) is 7.21. The van der Waals surface area contributed by atoms with Crippen LogP contribution in [0, 0.1) is 5.82 Å². The van der Waals surface area contributed by atoms with Crippen molar-refractivity contribution in [3.63, 3.8) is 0 Å². The number of carbonyl (C=O) groups excluding carboxylic acids is 1. The lowest BCUT2D eigenvalue weighted by atomic mass is 9.96. The van der Waals surface area contributed by atoms with Crippen LogP contribution >= 0.6 is 23.2 Å². The lowest BCUT2D eigenvalue weighted by Crippen LogP contribution is -2.54. The molecule has 2 atom stereocenters. The second-order valence-electron chi connectivity index (χ2n) is 12.4. The van der Waals surface area contributed by atoms with Gasteiger partial charge in [0.25, 0.3) is 5.91 Å². The van der Waals surface area contributed by atoms with Crippen LogP contribution in [0.2, 0.25) is 10.0 Å². The summed E-state index contributed by atoms with van der Waals surface area (Å²) < 4.78 is 38.1. The smallest absolute Gasteiger partial charge is 0.319 e.